The highest BCUT2D eigenvalue weighted by Crippen LogP contribution is 2.53. The summed E-state index contributed by atoms with van der Waals surface area (Å²) in [7, 11) is 0. The van der Waals surface area contributed by atoms with Crippen LogP contribution in [0.1, 0.15) is 57.9 Å². The molecule has 0 radical (unpaired) electrons. The van der Waals surface area contributed by atoms with Crippen molar-refractivity contribution < 1.29 is 0 Å². The first-order valence-electron chi connectivity index (χ1n) is 7.10. The largest absolute Gasteiger partial charge is 0.192 e. The number of hydrogen-bond donors (Lipinski definition) is 0. The van der Waals surface area contributed by atoms with Gasteiger partial charge in [0.25, 0.3) is 0 Å². The SMILES string of the molecule is C.N#Cc1c(Br)cccc1SC12CCCC(CCC1)C2. The van der Waals surface area contributed by atoms with Gasteiger partial charge in [-0.2, -0.15) is 5.26 Å². The van der Waals surface area contributed by atoms with Gasteiger partial charge in [-0.05, 0) is 53.2 Å². The summed E-state index contributed by atoms with van der Waals surface area (Å²) in [6, 6.07) is 8.48. The van der Waals surface area contributed by atoms with Gasteiger partial charge in [-0.3, -0.25) is 0 Å². The number of thioether (sulfide) groups is 1. The number of fused-ring (bicyclic) bond motifs is 2. The molecule has 2 fully saturated rings. The summed E-state index contributed by atoms with van der Waals surface area (Å²) in [4.78, 5) is 1.17. The van der Waals surface area contributed by atoms with Crippen LogP contribution in [-0.4, -0.2) is 4.75 Å². The molecule has 0 N–H and O–H groups in total. The van der Waals surface area contributed by atoms with E-state index in [-0.39, 0.29) is 7.43 Å². The average Bonchev–Trinajstić information content (AvgIpc) is 2.39. The standard InChI is InChI=1S/C16H18BrNS.CH4/c17-14-6-1-7-15(13(14)11-18)19-16-8-2-4-12(10-16)5-3-9-16;/h1,6-7,12H,2-5,8-10H2;1H4. The lowest BCUT2D eigenvalue weighted by Crippen LogP contribution is -2.35. The molecule has 3 heteroatoms. The van der Waals surface area contributed by atoms with Crippen molar-refractivity contribution in [2.45, 2.75) is 62.0 Å². The van der Waals surface area contributed by atoms with Gasteiger partial charge in [-0.15, -0.1) is 11.8 Å². The van der Waals surface area contributed by atoms with E-state index in [1.54, 1.807) is 0 Å². The smallest absolute Gasteiger partial charge is 0.101 e. The summed E-state index contributed by atoms with van der Waals surface area (Å²) < 4.78 is 1.34. The minimum Gasteiger partial charge on any atom is -0.192 e. The number of rotatable bonds is 2. The number of nitriles is 1. The second-order valence-electron chi connectivity index (χ2n) is 5.86. The van der Waals surface area contributed by atoms with E-state index in [2.05, 4.69) is 28.1 Å². The van der Waals surface area contributed by atoms with E-state index in [1.165, 1.54) is 49.8 Å². The van der Waals surface area contributed by atoms with Crippen molar-refractivity contribution in [3.05, 3.63) is 28.2 Å². The fourth-order valence-corrected chi connectivity index (χ4v) is 5.97. The molecule has 0 spiro atoms. The number of hydrogen-bond acceptors (Lipinski definition) is 2. The molecular formula is C17H22BrNS. The molecule has 2 aliphatic carbocycles. The molecule has 0 aromatic heterocycles. The third-order valence-corrected chi connectivity index (χ3v) is 6.79. The highest BCUT2D eigenvalue weighted by Gasteiger charge is 2.40. The van der Waals surface area contributed by atoms with Crippen LogP contribution in [0.15, 0.2) is 27.6 Å². The summed E-state index contributed by atoms with van der Waals surface area (Å²) >= 11 is 5.48. The highest BCUT2D eigenvalue weighted by atomic mass is 79.9. The Hall–Kier alpha value is -0.460. The van der Waals surface area contributed by atoms with E-state index < -0.39 is 0 Å². The average molecular weight is 352 g/mol. The third-order valence-electron chi connectivity index (χ3n) is 4.56. The summed E-state index contributed by atoms with van der Waals surface area (Å²) in [6.07, 6.45) is 9.59. The monoisotopic (exact) mass is 351 g/mol. The second kappa shape index (κ2) is 6.54. The Morgan fingerprint density at radius 3 is 2.60 bits per heavy atom. The predicted molar refractivity (Wildman–Crippen MR) is 90.0 cm³/mol. The first-order chi connectivity index (χ1) is 9.22. The number of halogens is 1. The van der Waals surface area contributed by atoms with Gasteiger partial charge in [0.05, 0.1) is 5.56 Å². The van der Waals surface area contributed by atoms with Crippen molar-refractivity contribution in [2.75, 3.05) is 0 Å². The van der Waals surface area contributed by atoms with E-state index in [4.69, 9.17) is 0 Å². The Morgan fingerprint density at radius 1 is 1.25 bits per heavy atom. The zero-order valence-electron chi connectivity index (χ0n) is 11.0. The van der Waals surface area contributed by atoms with Crippen LogP contribution >= 0.6 is 27.7 Å². The molecule has 1 nitrogen and oxygen atoms in total. The second-order valence-corrected chi connectivity index (χ2v) is 8.23. The van der Waals surface area contributed by atoms with Gasteiger partial charge in [0.15, 0.2) is 0 Å². The molecule has 0 saturated heterocycles. The summed E-state index contributed by atoms with van der Waals surface area (Å²) in [5.41, 5.74) is 0.814. The maximum atomic E-state index is 9.36. The summed E-state index contributed by atoms with van der Waals surface area (Å²) in [5.74, 6) is 0.938. The Labute approximate surface area is 135 Å². The molecule has 0 atom stereocenters. The zero-order chi connectivity index (χ0) is 13.3. The number of benzene rings is 1. The molecule has 0 amide bonds. The van der Waals surface area contributed by atoms with Crippen molar-refractivity contribution in [3.63, 3.8) is 0 Å². The van der Waals surface area contributed by atoms with E-state index in [9.17, 15) is 5.26 Å². The molecule has 108 valence electrons. The molecule has 3 rings (SSSR count). The molecule has 0 unspecified atom stereocenters. The van der Waals surface area contributed by atoms with Gasteiger partial charge in [0, 0.05) is 14.1 Å². The van der Waals surface area contributed by atoms with Crippen molar-refractivity contribution in [2.24, 2.45) is 5.92 Å². The third kappa shape index (κ3) is 3.07. The van der Waals surface area contributed by atoms with Crippen LogP contribution in [0.2, 0.25) is 0 Å². The van der Waals surface area contributed by atoms with Gasteiger partial charge in [0.2, 0.25) is 0 Å². The van der Waals surface area contributed by atoms with E-state index in [1.807, 2.05) is 23.9 Å². The van der Waals surface area contributed by atoms with Crippen molar-refractivity contribution in [3.8, 4) is 6.07 Å². The first kappa shape index (κ1) is 15.9. The topological polar surface area (TPSA) is 23.8 Å². The normalized spacial score (nSPS) is 28.3. The molecular weight excluding hydrogens is 330 g/mol. The van der Waals surface area contributed by atoms with Crippen molar-refractivity contribution in [1.29, 1.82) is 5.26 Å². The fraction of sp³-hybridized carbons (Fsp3) is 0.588. The van der Waals surface area contributed by atoms with Crippen LogP contribution in [-0.2, 0) is 0 Å². The van der Waals surface area contributed by atoms with Crippen LogP contribution in [0, 0.1) is 17.2 Å². The van der Waals surface area contributed by atoms with Gasteiger partial charge >= 0.3 is 0 Å². The lowest BCUT2D eigenvalue weighted by Gasteiger charge is -2.45. The molecule has 0 heterocycles. The van der Waals surface area contributed by atoms with Gasteiger partial charge in [-0.25, -0.2) is 0 Å². The summed E-state index contributed by atoms with van der Waals surface area (Å²) in [6.45, 7) is 0. The Morgan fingerprint density at radius 2 is 1.95 bits per heavy atom. The van der Waals surface area contributed by atoms with E-state index in [0.29, 0.717) is 4.75 Å². The molecule has 20 heavy (non-hydrogen) atoms. The molecule has 1 aromatic carbocycles. The maximum Gasteiger partial charge on any atom is 0.101 e. The first-order valence-corrected chi connectivity index (χ1v) is 8.71. The Kier molecular flexibility index (Phi) is 5.20. The van der Waals surface area contributed by atoms with Crippen LogP contribution in [0.25, 0.3) is 0 Å². The van der Waals surface area contributed by atoms with Gasteiger partial charge in [0.1, 0.15) is 6.07 Å². The lowest BCUT2D eigenvalue weighted by molar-refractivity contribution is 0.217. The highest BCUT2D eigenvalue weighted by molar-refractivity contribution is 9.10. The maximum absolute atomic E-state index is 9.36. The molecule has 2 saturated carbocycles. The van der Waals surface area contributed by atoms with Crippen LogP contribution in [0.5, 0.6) is 0 Å². The summed E-state index contributed by atoms with van der Waals surface area (Å²) in [5, 5.41) is 9.36. The fourth-order valence-electron chi connectivity index (χ4n) is 3.70. The van der Waals surface area contributed by atoms with Crippen LogP contribution in [0.3, 0.4) is 0 Å². The van der Waals surface area contributed by atoms with E-state index in [0.717, 1.165) is 16.0 Å². The predicted octanol–water partition coefficient (Wildman–Crippen LogP) is 6.16. The van der Waals surface area contributed by atoms with Gasteiger partial charge in [-0.1, -0.05) is 39.2 Å². The minimum absolute atomic E-state index is 0. The Bertz CT molecular complexity index is 510. The zero-order valence-corrected chi connectivity index (χ0v) is 13.4. The number of nitrogens with zero attached hydrogens (tertiary/aromatic N) is 1. The minimum atomic E-state index is 0. The van der Waals surface area contributed by atoms with Crippen molar-refractivity contribution in [1.82, 2.24) is 0 Å². The van der Waals surface area contributed by atoms with Crippen LogP contribution < -0.4 is 0 Å². The molecule has 1 aromatic rings. The lowest BCUT2D eigenvalue weighted by atomic mass is 9.72. The molecule has 0 aliphatic heterocycles. The molecule has 2 aliphatic rings. The van der Waals surface area contributed by atoms with Crippen molar-refractivity contribution >= 4 is 27.7 Å². The van der Waals surface area contributed by atoms with Gasteiger partial charge < -0.3 is 0 Å². The van der Waals surface area contributed by atoms with E-state index >= 15 is 0 Å². The molecule has 2 bridgehead atoms. The van der Waals surface area contributed by atoms with Crippen LogP contribution in [0.4, 0.5) is 0 Å². The Balaban J connectivity index is 0.00000147. The quantitative estimate of drug-likeness (QED) is 0.636.